The Morgan fingerprint density at radius 2 is 2.07 bits per heavy atom. The predicted octanol–water partition coefficient (Wildman–Crippen LogP) is 1.97. The van der Waals surface area contributed by atoms with E-state index >= 15 is 0 Å². The van der Waals surface area contributed by atoms with E-state index in [-0.39, 0.29) is 30.3 Å². The van der Waals surface area contributed by atoms with Crippen LogP contribution < -0.4 is 10.1 Å². The molecule has 29 heavy (non-hydrogen) atoms. The molecule has 0 saturated carbocycles. The van der Waals surface area contributed by atoms with Crippen molar-refractivity contribution in [2.75, 3.05) is 51.9 Å². The molecule has 1 aliphatic rings. The highest BCUT2D eigenvalue weighted by Crippen LogP contribution is 2.33. The van der Waals surface area contributed by atoms with Crippen molar-refractivity contribution in [2.45, 2.75) is 4.90 Å². The number of aromatic amines is 1. The maximum absolute atomic E-state index is 12.7. The lowest BCUT2D eigenvalue weighted by Gasteiger charge is -2.25. The smallest absolute Gasteiger partial charge is 0.272 e. The lowest BCUT2D eigenvalue weighted by molar-refractivity contribution is 0.0730. The van der Waals surface area contributed by atoms with E-state index in [0.29, 0.717) is 36.3 Å². The van der Waals surface area contributed by atoms with Crippen LogP contribution in [-0.4, -0.2) is 70.2 Å². The number of rotatable bonds is 8. The number of hydrogen-bond acceptors (Lipinski definition) is 6. The average molecular weight is 444 g/mol. The number of carbonyl (C=O) groups excluding carboxylic acids is 1. The molecule has 1 aliphatic heterocycles. The minimum Gasteiger partial charge on any atom is -0.487 e. The fraction of sp³-hybridized carbons (Fsp3) is 0.389. The number of ether oxygens (including phenoxy) is 3. The zero-order valence-corrected chi connectivity index (χ0v) is 17.4. The second-order valence-corrected chi connectivity index (χ2v) is 8.52. The predicted molar refractivity (Wildman–Crippen MR) is 107 cm³/mol. The van der Waals surface area contributed by atoms with Gasteiger partial charge in [0.15, 0.2) is 5.75 Å². The van der Waals surface area contributed by atoms with Gasteiger partial charge in [-0.1, -0.05) is 17.7 Å². The van der Waals surface area contributed by atoms with Gasteiger partial charge in [-0.25, -0.2) is 8.42 Å². The summed E-state index contributed by atoms with van der Waals surface area (Å²) in [6, 6.07) is 6.25. The number of halogens is 1. The van der Waals surface area contributed by atoms with E-state index in [1.807, 2.05) is 0 Å². The van der Waals surface area contributed by atoms with Gasteiger partial charge in [0.05, 0.1) is 30.5 Å². The highest BCUT2D eigenvalue weighted by Gasteiger charge is 2.28. The van der Waals surface area contributed by atoms with Crippen molar-refractivity contribution in [3.63, 3.8) is 0 Å². The maximum atomic E-state index is 12.7. The van der Waals surface area contributed by atoms with Crippen LogP contribution in [0.2, 0.25) is 5.02 Å². The van der Waals surface area contributed by atoms with Crippen molar-refractivity contribution >= 4 is 33.2 Å². The van der Waals surface area contributed by atoms with E-state index in [1.54, 1.807) is 25.3 Å². The van der Waals surface area contributed by atoms with E-state index in [1.165, 1.54) is 16.6 Å². The van der Waals surface area contributed by atoms with E-state index in [9.17, 15) is 13.2 Å². The first-order valence-electron chi connectivity index (χ1n) is 8.91. The van der Waals surface area contributed by atoms with Crippen LogP contribution in [0.25, 0.3) is 0 Å². The number of sulfonamides is 1. The number of hydrogen-bond donors (Lipinski definition) is 2. The van der Waals surface area contributed by atoms with Crippen molar-refractivity contribution in [1.29, 1.82) is 0 Å². The Kier molecular flexibility index (Phi) is 7.14. The molecule has 2 aromatic rings. The van der Waals surface area contributed by atoms with Crippen molar-refractivity contribution in [3.05, 3.63) is 41.2 Å². The molecule has 1 fully saturated rings. The number of anilines is 1. The summed E-state index contributed by atoms with van der Waals surface area (Å²) in [5, 5.41) is 3.02. The molecule has 0 unspecified atom stereocenters. The van der Waals surface area contributed by atoms with Gasteiger partial charge in [0, 0.05) is 26.4 Å². The van der Waals surface area contributed by atoms with Gasteiger partial charge in [0.2, 0.25) is 10.0 Å². The number of nitrogens with zero attached hydrogens (tertiary/aromatic N) is 1. The number of carbonyl (C=O) groups is 1. The molecule has 1 amide bonds. The molecule has 2 heterocycles. The summed E-state index contributed by atoms with van der Waals surface area (Å²) in [4.78, 5) is 15.4. The van der Waals surface area contributed by atoms with Crippen LogP contribution in [0.1, 0.15) is 10.5 Å². The quantitative estimate of drug-likeness (QED) is 0.603. The van der Waals surface area contributed by atoms with Gasteiger partial charge < -0.3 is 24.5 Å². The van der Waals surface area contributed by atoms with E-state index < -0.39 is 15.9 Å². The third-order valence-corrected chi connectivity index (χ3v) is 6.43. The number of methoxy groups -OCH3 is 1. The summed E-state index contributed by atoms with van der Waals surface area (Å²) >= 11 is 6.17. The molecule has 0 aliphatic carbocycles. The first kappa shape index (κ1) is 21.6. The van der Waals surface area contributed by atoms with Crippen molar-refractivity contribution in [2.24, 2.45) is 0 Å². The summed E-state index contributed by atoms with van der Waals surface area (Å²) in [5.41, 5.74) is 0.463. The number of aromatic nitrogens is 1. The molecule has 0 spiro atoms. The van der Waals surface area contributed by atoms with Gasteiger partial charge >= 0.3 is 0 Å². The van der Waals surface area contributed by atoms with Crippen LogP contribution in [0.5, 0.6) is 5.75 Å². The molecular formula is C18H22ClN3O6S. The zero-order chi connectivity index (χ0) is 20.9. The standard InChI is InChI=1S/C18H22ClN3O6S/c1-26-9-10-28-17-14(19)3-2-4-15(17)21-18(23)16-11-13(12-20-16)29(24,25)22-5-7-27-8-6-22/h2-4,11-12,20H,5-10H2,1H3,(H,21,23). The molecule has 1 aromatic carbocycles. The number of nitrogens with one attached hydrogen (secondary N) is 2. The van der Waals surface area contributed by atoms with Gasteiger partial charge in [0.25, 0.3) is 5.91 Å². The number of morpholine rings is 1. The molecule has 0 atom stereocenters. The second-order valence-electron chi connectivity index (χ2n) is 6.18. The van der Waals surface area contributed by atoms with Gasteiger partial charge in [-0.15, -0.1) is 0 Å². The molecule has 0 radical (unpaired) electrons. The third kappa shape index (κ3) is 5.09. The fourth-order valence-corrected chi connectivity index (χ4v) is 4.39. The third-order valence-electron chi connectivity index (χ3n) is 4.26. The fourth-order valence-electron chi connectivity index (χ4n) is 2.76. The number of para-hydroxylation sites is 1. The summed E-state index contributed by atoms with van der Waals surface area (Å²) in [6.45, 7) is 1.86. The maximum Gasteiger partial charge on any atom is 0.272 e. The molecule has 11 heteroatoms. The van der Waals surface area contributed by atoms with Crippen LogP contribution in [0, 0.1) is 0 Å². The number of benzene rings is 1. The Morgan fingerprint density at radius 3 is 2.79 bits per heavy atom. The SMILES string of the molecule is COCCOc1c(Cl)cccc1NC(=O)c1cc(S(=O)(=O)N2CCOCC2)c[nH]1. The molecule has 158 valence electrons. The summed E-state index contributed by atoms with van der Waals surface area (Å²) in [7, 11) is -2.15. The molecule has 0 bridgehead atoms. The minimum atomic E-state index is -3.70. The number of amides is 1. The normalized spacial score (nSPS) is 15.2. The Morgan fingerprint density at radius 1 is 1.31 bits per heavy atom. The van der Waals surface area contributed by atoms with Crippen LogP contribution in [0.4, 0.5) is 5.69 Å². The van der Waals surface area contributed by atoms with Crippen LogP contribution in [0.15, 0.2) is 35.4 Å². The van der Waals surface area contributed by atoms with Gasteiger partial charge in [-0.05, 0) is 18.2 Å². The van der Waals surface area contributed by atoms with Gasteiger partial charge in [0.1, 0.15) is 17.2 Å². The first-order valence-corrected chi connectivity index (χ1v) is 10.7. The largest absolute Gasteiger partial charge is 0.487 e. The van der Waals surface area contributed by atoms with E-state index in [0.717, 1.165) is 0 Å². The second kappa shape index (κ2) is 9.59. The molecule has 9 nitrogen and oxygen atoms in total. The van der Waals surface area contributed by atoms with Crippen molar-refractivity contribution in [3.8, 4) is 5.75 Å². The van der Waals surface area contributed by atoms with Crippen molar-refractivity contribution < 1.29 is 27.4 Å². The average Bonchev–Trinajstić information content (AvgIpc) is 3.22. The summed E-state index contributed by atoms with van der Waals surface area (Å²) in [6.07, 6.45) is 1.30. The van der Waals surface area contributed by atoms with Crippen molar-refractivity contribution in [1.82, 2.24) is 9.29 Å². The molecular weight excluding hydrogens is 422 g/mol. The van der Waals surface area contributed by atoms with Crippen LogP contribution in [0.3, 0.4) is 0 Å². The summed E-state index contributed by atoms with van der Waals surface area (Å²) in [5.74, 6) is -0.209. The van der Waals surface area contributed by atoms with Gasteiger partial charge in [-0.2, -0.15) is 4.31 Å². The van der Waals surface area contributed by atoms with E-state index in [4.69, 9.17) is 25.8 Å². The monoisotopic (exact) mass is 443 g/mol. The van der Waals surface area contributed by atoms with Gasteiger partial charge in [-0.3, -0.25) is 4.79 Å². The number of H-pyrrole nitrogens is 1. The highest BCUT2D eigenvalue weighted by atomic mass is 35.5. The molecule has 1 aromatic heterocycles. The highest BCUT2D eigenvalue weighted by molar-refractivity contribution is 7.89. The first-order chi connectivity index (χ1) is 13.9. The topological polar surface area (TPSA) is 110 Å². The molecule has 2 N–H and O–H groups in total. The Bertz CT molecular complexity index is 956. The Labute approximate surface area is 173 Å². The Balaban J connectivity index is 1.75. The summed E-state index contributed by atoms with van der Waals surface area (Å²) < 4.78 is 42.5. The minimum absolute atomic E-state index is 0.0206. The van der Waals surface area contributed by atoms with Crippen LogP contribution >= 0.6 is 11.6 Å². The lowest BCUT2D eigenvalue weighted by atomic mass is 10.2. The Hall–Kier alpha value is -2.11. The molecule has 3 rings (SSSR count). The lowest BCUT2D eigenvalue weighted by Crippen LogP contribution is -2.40. The zero-order valence-electron chi connectivity index (χ0n) is 15.8. The van der Waals surface area contributed by atoms with Crippen LogP contribution in [-0.2, 0) is 19.5 Å². The van der Waals surface area contributed by atoms with E-state index in [2.05, 4.69) is 10.3 Å². The molecule has 1 saturated heterocycles.